The van der Waals surface area contributed by atoms with E-state index in [9.17, 15) is 0 Å². The van der Waals surface area contributed by atoms with Crippen LogP contribution in [0.15, 0.2) is 41.8 Å². The fourth-order valence-electron chi connectivity index (χ4n) is 3.37. The maximum Gasteiger partial charge on any atom is -0.00544 e. The molecule has 0 spiro atoms. The lowest BCUT2D eigenvalue weighted by Crippen LogP contribution is -2.20. The molecular weight excluding hydrogens is 332 g/mol. The fraction of sp³-hybridized carbons (Fsp3) is 0.600. The molecule has 0 aromatic heterocycles. The molecule has 0 aliphatic rings. The molecule has 1 aromatic carbocycles. The molecule has 1 aromatic rings. The van der Waals surface area contributed by atoms with E-state index in [1.165, 1.54) is 31.2 Å². The van der Waals surface area contributed by atoms with E-state index in [0.717, 1.165) is 18.6 Å². The SMILES string of the molecule is CCCCC(C)(C)c1cc(CC/C=C\C=C/SCC)ccc1C(C)CC. The van der Waals surface area contributed by atoms with Crippen molar-refractivity contribution in [2.45, 2.75) is 91.4 Å². The zero-order valence-corrected chi connectivity index (χ0v) is 18.8. The van der Waals surface area contributed by atoms with Gasteiger partial charge in [0.2, 0.25) is 0 Å². The van der Waals surface area contributed by atoms with Crippen LogP contribution in [0, 0.1) is 0 Å². The smallest absolute Gasteiger partial charge is 0.00544 e. The van der Waals surface area contributed by atoms with Crippen molar-refractivity contribution in [3.05, 3.63) is 58.5 Å². The van der Waals surface area contributed by atoms with Crippen molar-refractivity contribution in [2.75, 3.05) is 5.75 Å². The first-order valence-corrected chi connectivity index (χ1v) is 11.6. The molecule has 0 heterocycles. The molecular formula is C25H40S. The van der Waals surface area contributed by atoms with E-state index in [4.69, 9.17) is 0 Å². The van der Waals surface area contributed by atoms with Crippen LogP contribution in [0.2, 0.25) is 0 Å². The normalized spacial score (nSPS) is 13.8. The Morgan fingerprint density at radius 1 is 1.12 bits per heavy atom. The molecule has 1 unspecified atom stereocenters. The van der Waals surface area contributed by atoms with Crippen molar-refractivity contribution in [3.8, 4) is 0 Å². The molecule has 146 valence electrons. The number of benzene rings is 1. The summed E-state index contributed by atoms with van der Waals surface area (Å²) in [5.74, 6) is 1.78. The molecule has 0 fully saturated rings. The van der Waals surface area contributed by atoms with Gasteiger partial charge in [-0.2, -0.15) is 0 Å². The van der Waals surface area contributed by atoms with Crippen molar-refractivity contribution in [2.24, 2.45) is 0 Å². The fourth-order valence-corrected chi connectivity index (χ4v) is 3.76. The van der Waals surface area contributed by atoms with Crippen LogP contribution < -0.4 is 0 Å². The second kappa shape index (κ2) is 12.4. The lowest BCUT2D eigenvalue weighted by atomic mass is 9.74. The average molecular weight is 373 g/mol. The van der Waals surface area contributed by atoms with Crippen LogP contribution in [0.4, 0.5) is 0 Å². The highest BCUT2D eigenvalue weighted by molar-refractivity contribution is 8.02. The molecule has 0 aliphatic heterocycles. The molecule has 0 aliphatic carbocycles. The van der Waals surface area contributed by atoms with Gasteiger partial charge >= 0.3 is 0 Å². The molecule has 0 radical (unpaired) electrons. The molecule has 26 heavy (non-hydrogen) atoms. The summed E-state index contributed by atoms with van der Waals surface area (Å²) in [5, 5.41) is 2.17. The number of aryl methyl sites for hydroxylation is 1. The summed E-state index contributed by atoms with van der Waals surface area (Å²) in [6.45, 7) is 14.0. The summed E-state index contributed by atoms with van der Waals surface area (Å²) >= 11 is 1.85. The second-order valence-corrected chi connectivity index (χ2v) is 9.15. The maximum absolute atomic E-state index is 2.51. The number of unbranched alkanes of at least 4 members (excludes halogenated alkanes) is 1. The highest BCUT2D eigenvalue weighted by Crippen LogP contribution is 2.36. The van der Waals surface area contributed by atoms with Crippen LogP contribution in [0.3, 0.4) is 0 Å². The minimum atomic E-state index is 0.265. The first-order valence-electron chi connectivity index (χ1n) is 10.5. The topological polar surface area (TPSA) is 0 Å². The lowest BCUT2D eigenvalue weighted by molar-refractivity contribution is 0.450. The number of hydrogen-bond acceptors (Lipinski definition) is 1. The highest BCUT2D eigenvalue weighted by atomic mass is 32.2. The van der Waals surface area contributed by atoms with Gasteiger partial charge < -0.3 is 0 Å². The van der Waals surface area contributed by atoms with E-state index in [1.54, 1.807) is 11.1 Å². The van der Waals surface area contributed by atoms with Gasteiger partial charge in [0.05, 0.1) is 0 Å². The quantitative estimate of drug-likeness (QED) is 0.332. The highest BCUT2D eigenvalue weighted by Gasteiger charge is 2.24. The van der Waals surface area contributed by atoms with Crippen LogP contribution in [0.5, 0.6) is 0 Å². The zero-order chi connectivity index (χ0) is 19.4. The predicted octanol–water partition coefficient (Wildman–Crippen LogP) is 8.42. The number of hydrogen-bond donors (Lipinski definition) is 0. The van der Waals surface area contributed by atoms with Gasteiger partial charge in [-0.25, -0.2) is 0 Å². The summed E-state index contributed by atoms with van der Waals surface area (Å²) in [5.41, 5.74) is 4.89. The Labute approximate surface area is 167 Å². The third-order valence-corrected chi connectivity index (χ3v) is 6.02. The molecule has 0 saturated carbocycles. The molecule has 0 N–H and O–H groups in total. The number of rotatable bonds is 12. The van der Waals surface area contributed by atoms with Crippen LogP contribution >= 0.6 is 11.8 Å². The van der Waals surface area contributed by atoms with Crippen molar-refractivity contribution >= 4 is 11.8 Å². The Morgan fingerprint density at radius 3 is 2.54 bits per heavy atom. The first kappa shape index (κ1) is 23.1. The van der Waals surface area contributed by atoms with Crippen molar-refractivity contribution < 1.29 is 0 Å². The standard InChI is InChI=1S/C25H40S/c1-7-10-18-25(5,6)24-20-22(16-17-23(24)21(4)8-2)15-13-11-12-14-19-26-9-3/h11-12,14,16-17,19-21H,7-10,13,15,18H2,1-6H3/b12-11-,19-14-. The van der Waals surface area contributed by atoms with Gasteiger partial charge in [0.15, 0.2) is 0 Å². The molecule has 1 rings (SSSR count). The summed E-state index contributed by atoms with van der Waals surface area (Å²) in [4.78, 5) is 0. The van der Waals surface area contributed by atoms with Crippen LogP contribution in [-0.4, -0.2) is 5.75 Å². The van der Waals surface area contributed by atoms with Gasteiger partial charge in [0, 0.05) is 0 Å². The van der Waals surface area contributed by atoms with E-state index in [2.05, 4.69) is 83.4 Å². The van der Waals surface area contributed by atoms with Gasteiger partial charge in [-0.05, 0) is 64.9 Å². The van der Waals surface area contributed by atoms with Gasteiger partial charge in [-0.1, -0.05) is 90.8 Å². The van der Waals surface area contributed by atoms with Crippen LogP contribution in [0.25, 0.3) is 0 Å². The third-order valence-electron chi connectivity index (χ3n) is 5.33. The average Bonchev–Trinajstić information content (AvgIpc) is 2.65. The monoisotopic (exact) mass is 372 g/mol. The summed E-state index contributed by atoms with van der Waals surface area (Å²) in [7, 11) is 0. The van der Waals surface area contributed by atoms with Crippen LogP contribution in [0.1, 0.15) is 96.3 Å². The number of allylic oxidation sites excluding steroid dienone is 3. The first-order chi connectivity index (χ1) is 12.5. The lowest BCUT2D eigenvalue weighted by Gasteiger charge is -2.30. The Balaban J connectivity index is 2.90. The van der Waals surface area contributed by atoms with E-state index < -0.39 is 0 Å². The van der Waals surface area contributed by atoms with Gasteiger partial charge in [0.1, 0.15) is 0 Å². The summed E-state index contributed by atoms with van der Waals surface area (Å²) < 4.78 is 0. The maximum atomic E-state index is 2.51. The van der Waals surface area contributed by atoms with E-state index in [1.807, 2.05) is 11.8 Å². The number of thioether (sulfide) groups is 1. The second-order valence-electron chi connectivity index (χ2n) is 7.97. The molecule has 0 bridgehead atoms. The van der Waals surface area contributed by atoms with Gasteiger partial charge in [0.25, 0.3) is 0 Å². The summed E-state index contributed by atoms with van der Waals surface area (Å²) in [6, 6.07) is 7.28. The zero-order valence-electron chi connectivity index (χ0n) is 18.0. The molecule has 0 amide bonds. The van der Waals surface area contributed by atoms with Crippen molar-refractivity contribution in [1.29, 1.82) is 0 Å². The van der Waals surface area contributed by atoms with E-state index in [-0.39, 0.29) is 5.41 Å². The minimum absolute atomic E-state index is 0.265. The van der Waals surface area contributed by atoms with Crippen LogP contribution in [-0.2, 0) is 11.8 Å². The van der Waals surface area contributed by atoms with Gasteiger partial charge in [-0.15, -0.1) is 11.8 Å². The minimum Gasteiger partial charge on any atom is -0.134 e. The Morgan fingerprint density at radius 2 is 1.88 bits per heavy atom. The van der Waals surface area contributed by atoms with Gasteiger partial charge in [-0.3, -0.25) is 0 Å². The van der Waals surface area contributed by atoms with Crippen molar-refractivity contribution in [1.82, 2.24) is 0 Å². The Hall–Kier alpha value is -0.950. The van der Waals surface area contributed by atoms with E-state index in [0.29, 0.717) is 5.92 Å². The molecule has 0 nitrogen and oxygen atoms in total. The predicted molar refractivity (Wildman–Crippen MR) is 122 cm³/mol. The van der Waals surface area contributed by atoms with E-state index >= 15 is 0 Å². The Kier molecular flexibility index (Phi) is 11.0. The molecule has 1 atom stereocenters. The molecule has 0 saturated heterocycles. The summed E-state index contributed by atoms with van der Waals surface area (Å²) in [6.07, 6.45) is 13.9. The largest absolute Gasteiger partial charge is 0.134 e. The van der Waals surface area contributed by atoms with Crippen molar-refractivity contribution in [3.63, 3.8) is 0 Å². The molecule has 1 heteroatoms. The third kappa shape index (κ3) is 7.74. The Bertz CT molecular complexity index is 566.